The van der Waals surface area contributed by atoms with E-state index in [1.165, 1.54) is 5.56 Å². The molecule has 1 heterocycles. The number of hydrogen-bond donors (Lipinski definition) is 1. The molecule has 0 saturated carbocycles. The predicted octanol–water partition coefficient (Wildman–Crippen LogP) is 3.94. The molecule has 156 valence electrons. The topological polar surface area (TPSA) is 50.8 Å². The van der Waals surface area contributed by atoms with Crippen LogP contribution in [0.2, 0.25) is 0 Å². The van der Waals surface area contributed by atoms with Gasteiger partial charge in [0.05, 0.1) is 13.2 Å². The van der Waals surface area contributed by atoms with Crippen LogP contribution in [0.15, 0.2) is 42.5 Å². The van der Waals surface area contributed by atoms with Gasteiger partial charge in [0.25, 0.3) is 0 Å². The van der Waals surface area contributed by atoms with Crippen molar-refractivity contribution in [2.75, 3.05) is 26.3 Å². The van der Waals surface area contributed by atoms with Crippen molar-refractivity contribution in [2.24, 2.45) is 0 Å². The van der Waals surface area contributed by atoms with E-state index >= 15 is 0 Å². The number of nitrogens with one attached hydrogen (secondary N) is 1. The normalized spacial score (nSPS) is 13.2. The first-order valence-corrected chi connectivity index (χ1v) is 10.6. The molecule has 1 aliphatic rings. The molecule has 0 aromatic heterocycles. The van der Waals surface area contributed by atoms with Crippen LogP contribution in [-0.2, 0) is 24.3 Å². The maximum Gasteiger partial charge on any atom is 0.220 e. The van der Waals surface area contributed by atoms with Gasteiger partial charge < -0.3 is 14.8 Å². The van der Waals surface area contributed by atoms with Crippen molar-refractivity contribution in [3.05, 3.63) is 59.2 Å². The van der Waals surface area contributed by atoms with Gasteiger partial charge in [0.15, 0.2) is 11.5 Å². The Kier molecular flexibility index (Phi) is 7.94. The number of hydrogen-bond acceptors (Lipinski definition) is 4. The van der Waals surface area contributed by atoms with Crippen molar-refractivity contribution in [3.63, 3.8) is 0 Å². The summed E-state index contributed by atoms with van der Waals surface area (Å²) in [4.78, 5) is 14.6. The molecule has 0 fully saturated rings. The van der Waals surface area contributed by atoms with Gasteiger partial charge in [-0.1, -0.05) is 44.2 Å². The third-order valence-corrected chi connectivity index (χ3v) is 5.27. The molecule has 0 aliphatic carbocycles. The number of benzene rings is 2. The predicted molar refractivity (Wildman–Crippen MR) is 115 cm³/mol. The molecule has 0 saturated heterocycles. The second kappa shape index (κ2) is 10.9. The van der Waals surface area contributed by atoms with Gasteiger partial charge in [-0.25, -0.2) is 0 Å². The summed E-state index contributed by atoms with van der Waals surface area (Å²) in [6.07, 6.45) is 2.04. The number of nitrogens with zero attached hydrogens (tertiary/aromatic N) is 1. The highest BCUT2D eigenvalue weighted by Gasteiger charge is 2.11. The van der Waals surface area contributed by atoms with E-state index in [9.17, 15) is 4.79 Å². The highest BCUT2D eigenvalue weighted by molar-refractivity contribution is 5.76. The molecule has 29 heavy (non-hydrogen) atoms. The SMILES string of the molecule is CCN(CC)Cc1ccc(CNC(=O)CCc2ccc3c(c2)OCCCO3)cc1. The molecule has 5 heteroatoms. The zero-order valence-corrected chi connectivity index (χ0v) is 17.6. The van der Waals surface area contributed by atoms with Gasteiger partial charge in [0.2, 0.25) is 5.91 Å². The Morgan fingerprint density at radius 3 is 2.31 bits per heavy atom. The standard InChI is InChI=1S/C24H32N2O3/c1-3-26(4-2)18-21-8-6-20(7-9-21)17-25-24(27)13-11-19-10-12-22-23(16-19)29-15-5-14-28-22/h6-10,12,16H,3-5,11,13-15,17-18H2,1-2H3,(H,25,27). The third kappa shape index (κ3) is 6.50. The lowest BCUT2D eigenvalue weighted by Crippen LogP contribution is -2.23. The Balaban J connectivity index is 1.43. The van der Waals surface area contributed by atoms with Gasteiger partial charge in [-0.3, -0.25) is 9.69 Å². The highest BCUT2D eigenvalue weighted by atomic mass is 16.5. The average molecular weight is 397 g/mol. The van der Waals surface area contributed by atoms with Crippen molar-refractivity contribution in [1.82, 2.24) is 10.2 Å². The summed E-state index contributed by atoms with van der Waals surface area (Å²) in [6, 6.07) is 14.4. The number of aryl methyl sites for hydroxylation is 1. The van der Waals surface area contributed by atoms with E-state index in [1.54, 1.807) is 0 Å². The quantitative estimate of drug-likeness (QED) is 0.698. The molecule has 0 unspecified atom stereocenters. The van der Waals surface area contributed by atoms with Crippen LogP contribution in [0, 0.1) is 0 Å². The first-order valence-electron chi connectivity index (χ1n) is 10.6. The zero-order chi connectivity index (χ0) is 20.5. The Labute approximate surface area is 174 Å². The van der Waals surface area contributed by atoms with Crippen LogP contribution in [0.1, 0.15) is 43.4 Å². The van der Waals surface area contributed by atoms with Crippen LogP contribution in [0.4, 0.5) is 0 Å². The fourth-order valence-electron chi connectivity index (χ4n) is 3.38. The van der Waals surface area contributed by atoms with Gasteiger partial charge in [-0.15, -0.1) is 0 Å². The minimum Gasteiger partial charge on any atom is -0.490 e. The second-order valence-electron chi connectivity index (χ2n) is 7.39. The van der Waals surface area contributed by atoms with Crippen LogP contribution in [0.25, 0.3) is 0 Å². The Bertz CT molecular complexity index is 785. The lowest BCUT2D eigenvalue weighted by molar-refractivity contribution is -0.121. The van der Waals surface area contributed by atoms with E-state index in [4.69, 9.17) is 9.47 Å². The Morgan fingerprint density at radius 1 is 0.931 bits per heavy atom. The summed E-state index contributed by atoms with van der Waals surface area (Å²) in [5.41, 5.74) is 3.51. The van der Waals surface area contributed by atoms with Crippen LogP contribution in [0.3, 0.4) is 0 Å². The maximum atomic E-state index is 12.2. The van der Waals surface area contributed by atoms with Crippen molar-refractivity contribution < 1.29 is 14.3 Å². The maximum absolute atomic E-state index is 12.2. The molecule has 1 N–H and O–H groups in total. The van der Waals surface area contributed by atoms with Crippen LogP contribution in [-0.4, -0.2) is 37.1 Å². The highest BCUT2D eigenvalue weighted by Crippen LogP contribution is 2.30. The minimum atomic E-state index is 0.0596. The van der Waals surface area contributed by atoms with Gasteiger partial charge in [-0.2, -0.15) is 0 Å². The summed E-state index contributed by atoms with van der Waals surface area (Å²) < 4.78 is 11.4. The molecule has 0 bridgehead atoms. The molecule has 1 aliphatic heterocycles. The molecule has 0 spiro atoms. The van der Waals surface area contributed by atoms with Crippen LogP contribution >= 0.6 is 0 Å². The number of carbonyl (C=O) groups excluding carboxylic acids is 1. The van der Waals surface area contributed by atoms with E-state index in [2.05, 4.69) is 48.3 Å². The molecule has 0 radical (unpaired) electrons. The van der Waals surface area contributed by atoms with Crippen molar-refractivity contribution in [2.45, 2.75) is 46.2 Å². The summed E-state index contributed by atoms with van der Waals surface area (Å²) >= 11 is 0. The van der Waals surface area contributed by atoms with Gasteiger partial charge >= 0.3 is 0 Å². The van der Waals surface area contributed by atoms with Gasteiger partial charge in [-0.05, 0) is 48.3 Å². The molecule has 3 rings (SSSR count). The van der Waals surface area contributed by atoms with Crippen molar-refractivity contribution in [1.29, 1.82) is 0 Å². The number of carbonyl (C=O) groups is 1. The number of fused-ring (bicyclic) bond motifs is 1. The minimum absolute atomic E-state index is 0.0596. The summed E-state index contributed by atoms with van der Waals surface area (Å²) in [6.45, 7) is 9.35. The fraction of sp³-hybridized carbons (Fsp3) is 0.458. The fourth-order valence-corrected chi connectivity index (χ4v) is 3.38. The first-order chi connectivity index (χ1) is 14.2. The molecule has 5 nitrogen and oxygen atoms in total. The van der Waals surface area contributed by atoms with Crippen molar-refractivity contribution in [3.8, 4) is 11.5 Å². The summed E-state index contributed by atoms with van der Waals surface area (Å²) in [5, 5.41) is 3.02. The molecule has 2 aromatic rings. The van der Waals surface area contributed by atoms with E-state index in [0.29, 0.717) is 32.6 Å². The van der Waals surface area contributed by atoms with E-state index in [-0.39, 0.29) is 5.91 Å². The third-order valence-electron chi connectivity index (χ3n) is 5.27. The zero-order valence-electron chi connectivity index (χ0n) is 17.6. The van der Waals surface area contributed by atoms with Gasteiger partial charge in [0.1, 0.15) is 0 Å². The summed E-state index contributed by atoms with van der Waals surface area (Å²) in [5.74, 6) is 1.63. The molecular weight excluding hydrogens is 364 g/mol. The lowest BCUT2D eigenvalue weighted by atomic mass is 10.1. The second-order valence-corrected chi connectivity index (χ2v) is 7.39. The molecule has 1 amide bonds. The number of rotatable bonds is 9. The first kappa shape index (κ1) is 21.2. The van der Waals surface area contributed by atoms with Crippen LogP contribution in [0.5, 0.6) is 11.5 Å². The lowest BCUT2D eigenvalue weighted by Gasteiger charge is -2.18. The largest absolute Gasteiger partial charge is 0.490 e. The number of amides is 1. The van der Waals surface area contributed by atoms with Crippen LogP contribution < -0.4 is 14.8 Å². The Morgan fingerprint density at radius 2 is 1.59 bits per heavy atom. The molecule has 0 atom stereocenters. The summed E-state index contributed by atoms with van der Waals surface area (Å²) in [7, 11) is 0. The smallest absolute Gasteiger partial charge is 0.220 e. The molecule has 2 aromatic carbocycles. The number of ether oxygens (including phenoxy) is 2. The average Bonchev–Trinajstić information content (AvgIpc) is 3.00. The Hall–Kier alpha value is -2.53. The van der Waals surface area contributed by atoms with E-state index in [1.807, 2.05) is 18.2 Å². The van der Waals surface area contributed by atoms with E-state index in [0.717, 1.165) is 48.7 Å². The van der Waals surface area contributed by atoms with Gasteiger partial charge in [0, 0.05) is 25.9 Å². The molecular formula is C24H32N2O3. The van der Waals surface area contributed by atoms with E-state index < -0.39 is 0 Å². The van der Waals surface area contributed by atoms with Crippen molar-refractivity contribution >= 4 is 5.91 Å². The monoisotopic (exact) mass is 396 g/mol.